The van der Waals surface area contributed by atoms with E-state index in [9.17, 15) is 10.1 Å². The van der Waals surface area contributed by atoms with Gasteiger partial charge in [0.05, 0.1) is 5.69 Å². The highest BCUT2D eigenvalue weighted by molar-refractivity contribution is 6.30. The number of nitrogens with one attached hydrogen (secondary N) is 1. The monoisotopic (exact) mass is 391 g/mol. The molecule has 1 saturated heterocycles. The number of anilines is 1. The Kier molecular flexibility index (Phi) is 5.09. The fourth-order valence-corrected chi connectivity index (χ4v) is 3.74. The van der Waals surface area contributed by atoms with E-state index in [0.717, 1.165) is 24.0 Å². The van der Waals surface area contributed by atoms with Crippen LogP contribution in [0.15, 0.2) is 48.8 Å². The number of carbonyl (C=O) groups excluding carboxylic acids is 1. The molecule has 0 bridgehead atoms. The summed E-state index contributed by atoms with van der Waals surface area (Å²) in [5.41, 5.74) is 2.87. The molecule has 1 amide bonds. The SMILES string of the molecule is N#Cc1c(N2CCCC(Cc3ccc(Cl)cc3)C2=O)n[nH]c1-c1ccncc1. The Balaban J connectivity index is 1.60. The van der Waals surface area contributed by atoms with Crippen molar-refractivity contribution in [3.63, 3.8) is 0 Å². The van der Waals surface area contributed by atoms with Gasteiger partial charge in [-0.05, 0) is 49.1 Å². The summed E-state index contributed by atoms with van der Waals surface area (Å²) in [6.45, 7) is 0.561. The fourth-order valence-electron chi connectivity index (χ4n) is 3.62. The summed E-state index contributed by atoms with van der Waals surface area (Å²) in [5, 5.41) is 17.6. The number of hydrogen-bond donors (Lipinski definition) is 1. The van der Waals surface area contributed by atoms with Crippen LogP contribution in [0.1, 0.15) is 24.0 Å². The quantitative estimate of drug-likeness (QED) is 0.728. The van der Waals surface area contributed by atoms with Crippen molar-refractivity contribution in [3.05, 3.63) is 64.9 Å². The van der Waals surface area contributed by atoms with Gasteiger partial charge < -0.3 is 0 Å². The molecule has 3 aromatic rings. The Morgan fingerprint density at radius 1 is 1.21 bits per heavy atom. The van der Waals surface area contributed by atoms with Crippen LogP contribution in [0.5, 0.6) is 0 Å². The minimum atomic E-state index is -0.137. The van der Waals surface area contributed by atoms with Crippen LogP contribution in [0.25, 0.3) is 11.3 Å². The normalized spacial score (nSPS) is 16.8. The zero-order valence-corrected chi connectivity index (χ0v) is 15.9. The van der Waals surface area contributed by atoms with E-state index in [-0.39, 0.29) is 11.8 Å². The third-order valence-corrected chi connectivity index (χ3v) is 5.28. The highest BCUT2D eigenvalue weighted by Gasteiger charge is 2.33. The van der Waals surface area contributed by atoms with Crippen molar-refractivity contribution in [2.24, 2.45) is 5.92 Å². The molecule has 4 rings (SSSR count). The molecule has 1 atom stereocenters. The van der Waals surface area contributed by atoms with Gasteiger partial charge in [0.2, 0.25) is 5.91 Å². The number of benzene rings is 1. The van der Waals surface area contributed by atoms with Crippen molar-refractivity contribution in [3.8, 4) is 17.3 Å². The van der Waals surface area contributed by atoms with Crippen molar-refractivity contribution >= 4 is 23.3 Å². The molecule has 0 saturated carbocycles. The second kappa shape index (κ2) is 7.83. The van der Waals surface area contributed by atoms with E-state index in [2.05, 4.69) is 21.3 Å². The summed E-state index contributed by atoms with van der Waals surface area (Å²) in [6.07, 6.45) is 5.65. The number of aromatic amines is 1. The van der Waals surface area contributed by atoms with Crippen LogP contribution in [-0.4, -0.2) is 27.6 Å². The fraction of sp³-hybridized carbons (Fsp3) is 0.238. The molecule has 6 nitrogen and oxygen atoms in total. The third-order valence-electron chi connectivity index (χ3n) is 5.03. The molecule has 28 heavy (non-hydrogen) atoms. The van der Waals surface area contributed by atoms with E-state index < -0.39 is 0 Å². The van der Waals surface area contributed by atoms with Crippen molar-refractivity contribution in [1.29, 1.82) is 5.26 Å². The second-order valence-electron chi connectivity index (χ2n) is 6.80. The van der Waals surface area contributed by atoms with Crippen LogP contribution in [0, 0.1) is 17.2 Å². The number of halogens is 1. The van der Waals surface area contributed by atoms with Crippen LogP contribution < -0.4 is 4.90 Å². The lowest BCUT2D eigenvalue weighted by molar-refractivity contribution is -0.123. The highest BCUT2D eigenvalue weighted by atomic mass is 35.5. The minimum absolute atomic E-state index is 0.00507. The molecule has 2 aromatic heterocycles. The highest BCUT2D eigenvalue weighted by Crippen LogP contribution is 2.32. The maximum Gasteiger partial charge on any atom is 0.231 e. The number of carbonyl (C=O) groups is 1. The number of nitrogens with zero attached hydrogens (tertiary/aromatic N) is 4. The lowest BCUT2D eigenvalue weighted by Gasteiger charge is -2.31. The summed E-state index contributed by atoms with van der Waals surface area (Å²) < 4.78 is 0. The molecular formula is C21H18ClN5O. The van der Waals surface area contributed by atoms with Gasteiger partial charge in [-0.25, -0.2) is 0 Å². The number of hydrogen-bond acceptors (Lipinski definition) is 4. The summed E-state index contributed by atoms with van der Waals surface area (Å²) in [5.74, 6) is 0.271. The first-order valence-electron chi connectivity index (χ1n) is 9.12. The Hall–Kier alpha value is -3.17. The average molecular weight is 392 g/mol. The summed E-state index contributed by atoms with van der Waals surface area (Å²) in [6, 6.07) is 13.4. The van der Waals surface area contributed by atoms with E-state index in [0.29, 0.717) is 35.1 Å². The molecule has 3 heterocycles. The van der Waals surface area contributed by atoms with Gasteiger partial charge in [-0.1, -0.05) is 23.7 Å². The van der Waals surface area contributed by atoms with Crippen molar-refractivity contribution in [1.82, 2.24) is 15.2 Å². The van der Waals surface area contributed by atoms with Crippen molar-refractivity contribution in [2.45, 2.75) is 19.3 Å². The van der Waals surface area contributed by atoms with E-state index in [1.54, 1.807) is 29.4 Å². The smallest absolute Gasteiger partial charge is 0.231 e. The lowest BCUT2D eigenvalue weighted by Crippen LogP contribution is -2.42. The predicted molar refractivity (Wildman–Crippen MR) is 107 cm³/mol. The van der Waals surface area contributed by atoms with E-state index in [4.69, 9.17) is 11.6 Å². The van der Waals surface area contributed by atoms with Gasteiger partial charge in [0.25, 0.3) is 0 Å². The Morgan fingerprint density at radius 3 is 2.68 bits per heavy atom. The first-order valence-corrected chi connectivity index (χ1v) is 9.50. The summed E-state index contributed by atoms with van der Waals surface area (Å²) >= 11 is 5.95. The number of H-pyrrole nitrogens is 1. The zero-order chi connectivity index (χ0) is 19.5. The van der Waals surface area contributed by atoms with Crippen molar-refractivity contribution < 1.29 is 4.79 Å². The third kappa shape index (κ3) is 3.49. The van der Waals surface area contributed by atoms with E-state index in [1.165, 1.54) is 0 Å². The molecule has 1 aliphatic heterocycles. The molecule has 1 fully saturated rings. The first kappa shape index (κ1) is 18.2. The predicted octanol–water partition coefficient (Wildman–Crippen LogP) is 3.98. The molecule has 1 aliphatic rings. The van der Waals surface area contributed by atoms with Gasteiger partial charge in [-0.2, -0.15) is 10.4 Å². The number of amides is 1. The average Bonchev–Trinajstić information content (AvgIpc) is 3.15. The second-order valence-corrected chi connectivity index (χ2v) is 7.24. The van der Waals surface area contributed by atoms with Crippen LogP contribution in [0.2, 0.25) is 5.02 Å². The largest absolute Gasteiger partial charge is 0.294 e. The van der Waals surface area contributed by atoms with Crippen molar-refractivity contribution in [2.75, 3.05) is 11.4 Å². The number of piperidine rings is 1. The minimum Gasteiger partial charge on any atom is -0.294 e. The Morgan fingerprint density at radius 2 is 1.96 bits per heavy atom. The number of pyridine rings is 1. The molecular weight excluding hydrogens is 374 g/mol. The molecule has 0 spiro atoms. The van der Waals surface area contributed by atoms with Crippen LogP contribution >= 0.6 is 11.6 Å². The molecule has 1 N–H and O–H groups in total. The van der Waals surface area contributed by atoms with Gasteiger partial charge in [0.15, 0.2) is 5.82 Å². The van der Waals surface area contributed by atoms with Gasteiger partial charge >= 0.3 is 0 Å². The molecule has 1 aromatic carbocycles. The zero-order valence-electron chi connectivity index (χ0n) is 15.1. The molecule has 0 radical (unpaired) electrons. The maximum atomic E-state index is 13.1. The standard InChI is InChI=1S/C21H18ClN5O/c22-17-5-3-14(4-6-17)12-16-2-1-11-27(21(16)28)20-18(13-23)19(25-26-20)15-7-9-24-10-8-15/h3-10,16H,1-2,11-12H2,(H,25,26). The number of aromatic nitrogens is 3. The van der Waals surface area contributed by atoms with Gasteiger partial charge in [-0.15, -0.1) is 0 Å². The molecule has 0 aliphatic carbocycles. The van der Waals surface area contributed by atoms with Crippen LogP contribution in [0.3, 0.4) is 0 Å². The Bertz CT molecular complexity index is 1020. The Labute approximate surface area is 167 Å². The molecule has 140 valence electrons. The van der Waals surface area contributed by atoms with Gasteiger partial charge in [0.1, 0.15) is 11.6 Å². The lowest BCUT2D eigenvalue weighted by atomic mass is 9.90. The van der Waals surface area contributed by atoms with Crippen LogP contribution in [0.4, 0.5) is 5.82 Å². The first-order chi connectivity index (χ1) is 13.7. The van der Waals surface area contributed by atoms with Crippen LogP contribution in [-0.2, 0) is 11.2 Å². The summed E-state index contributed by atoms with van der Waals surface area (Å²) in [4.78, 5) is 18.8. The molecule has 7 heteroatoms. The summed E-state index contributed by atoms with van der Waals surface area (Å²) in [7, 11) is 0. The van der Waals surface area contributed by atoms with E-state index in [1.807, 2.05) is 24.3 Å². The molecule has 1 unspecified atom stereocenters. The van der Waals surface area contributed by atoms with Gasteiger partial charge in [0, 0.05) is 35.4 Å². The van der Waals surface area contributed by atoms with Gasteiger partial charge in [-0.3, -0.25) is 19.8 Å². The topological polar surface area (TPSA) is 85.7 Å². The van der Waals surface area contributed by atoms with E-state index >= 15 is 0 Å². The number of rotatable bonds is 4. The number of nitriles is 1. The maximum absolute atomic E-state index is 13.1.